The summed E-state index contributed by atoms with van der Waals surface area (Å²) in [6.07, 6.45) is 5.72. The second-order valence-corrected chi connectivity index (χ2v) is 8.06. The van der Waals surface area contributed by atoms with E-state index in [1.165, 1.54) is 0 Å². The third-order valence-electron chi connectivity index (χ3n) is 5.16. The summed E-state index contributed by atoms with van der Waals surface area (Å²) in [5, 5.41) is 11.6. The molecule has 0 saturated carbocycles. The number of anilines is 1. The fourth-order valence-electron chi connectivity index (χ4n) is 3.73. The quantitative estimate of drug-likeness (QED) is 0.373. The molecule has 0 bridgehead atoms. The van der Waals surface area contributed by atoms with Gasteiger partial charge in [0.05, 0.1) is 34.1 Å². The van der Waals surface area contributed by atoms with Crippen LogP contribution in [0.5, 0.6) is 0 Å². The molecule has 4 aromatic heterocycles. The number of benzene rings is 1. The van der Waals surface area contributed by atoms with E-state index in [1.54, 1.807) is 18.6 Å². The summed E-state index contributed by atoms with van der Waals surface area (Å²) in [5.41, 5.74) is 7.18. The van der Waals surface area contributed by atoms with Crippen molar-refractivity contribution in [3.05, 3.63) is 61.1 Å². The maximum Gasteiger partial charge on any atom is 0.224 e. The fourth-order valence-corrected chi connectivity index (χ4v) is 3.73. The maximum atomic E-state index is 12.1. The van der Waals surface area contributed by atoms with Crippen LogP contribution in [0.25, 0.3) is 44.5 Å². The van der Waals surface area contributed by atoms with Gasteiger partial charge in [-0.15, -0.1) is 0 Å². The fraction of sp³-hybridized carbons (Fsp3) is 0.167. The molecule has 7 nitrogen and oxygen atoms in total. The van der Waals surface area contributed by atoms with Crippen molar-refractivity contribution >= 4 is 33.5 Å². The van der Waals surface area contributed by atoms with Gasteiger partial charge in [0.2, 0.25) is 5.91 Å². The second-order valence-electron chi connectivity index (χ2n) is 8.06. The first-order chi connectivity index (χ1) is 15.1. The zero-order valence-corrected chi connectivity index (χ0v) is 17.3. The summed E-state index contributed by atoms with van der Waals surface area (Å²) in [5.74, 6) is 0.298. The number of H-pyrrole nitrogens is 2. The van der Waals surface area contributed by atoms with Crippen molar-refractivity contribution in [2.75, 3.05) is 5.32 Å². The Bertz CT molecular complexity index is 1360. The zero-order valence-electron chi connectivity index (χ0n) is 17.3. The van der Waals surface area contributed by atoms with Gasteiger partial charge < -0.3 is 10.3 Å². The van der Waals surface area contributed by atoms with Gasteiger partial charge in [0.15, 0.2) is 0 Å². The zero-order chi connectivity index (χ0) is 21.4. The van der Waals surface area contributed by atoms with Crippen molar-refractivity contribution in [3.63, 3.8) is 0 Å². The number of aromatic amines is 2. The van der Waals surface area contributed by atoms with E-state index in [1.807, 2.05) is 50.2 Å². The molecule has 5 rings (SSSR count). The predicted octanol–water partition coefficient (Wildman–Crippen LogP) is 5.15. The van der Waals surface area contributed by atoms with Crippen LogP contribution in [0.2, 0.25) is 0 Å². The van der Waals surface area contributed by atoms with E-state index in [0.29, 0.717) is 18.0 Å². The van der Waals surface area contributed by atoms with Crippen LogP contribution in [-0.2, 0) is 4.79 Å². The number of amides is 1. The summed E-state index contributed by atoms with van der Waals surface area (Å²) in [6, 6.07) is 14.0. The molecule has 7 heteroatoms. The molecule has 1 amide bonds. The molecular formula is C24H22N6O. The molecule has 0 aliphatic carbocycles. The second kappa shape index (κ2) is 7.68. The van der Waals surface area contributed by atoms with Crippen LogP contribution in [0.1, 0.15) is 20.3 Å². The highest BCUT2D eigenvalue weighted by molar-refractivity contribution is 5.97. The van der Waals surface area contributed by atoms with Crippen LogP contribution in [0.3, 0.4) is 0 Å². The Morgan fingerprint density at radius 2 is 1.97 bits per heavy atom. The van der Waals surface area contributed by atoms with E-state index in [0.717, 1.165) is 44.5 Å². The number of carbonyl (C=O) groups excluding carboxylic acids is 1. The molecule has 154 valence electrons. The highest BCUT2D eigenvalue weighted by Crippen LogP contribution is 2.31. The Hall–Kier alpha value is -4.00. The van der Waals surface area contributed by atoms with E-state index in [2.05, 4.69) is 36.5 Å². The lowest BCUT2D eigenvalue weighted by Gasteiger charge is -2.09. The first-order valence-corrected chi connectivity index (χ1v) is 10.2. The first kappa shape index (κ1) is 19.0. The first-order valence-electron chi connectivity index (χ1n) is 10.2. The Labute approximate surface area is 178 Å². The molecule has 1 aromatic carbocycles. The lowest BCUT2D eigenvalue weighted by atomic mass is 10.0. The van der Waals surface area contributed by atoms with Crippen molar-refractivity contribution in [3.8, 4) is 22.5 Å². The topological polar surface area (TPSA) is 99.3 Å². The molecule has 0 saturated heterocycles. The number of aromatic nitrogens is 5. The highest BCUT2D eigenvalue weighted by Gasteiger charge is 2.13. The minimum atomic E-state index is -0.00561. The third-order valence-corrected chi connectivity index (χ3v) is 5.16. The molecule has 31 heavy (non-hydrogen) atoms. The van der Waals surface area contributed by atoms with Gasteiger partial charge in [-0.3, -0.25) is 19.9 Å². The number of carbonyl (C=O) groups is 1. The molecular weight excluding hydrogens is 388 g/mol. The Balaban J connectivity index is 1.51. The largest absolute Gasteiger partial charge is 0.352 e. The molecule has 0 spiro atoms. The van der Waals surface area contributed by atoms with E-state index in [9.17, 15) is 4.79 Å². The van der Waals surface area contributed by atoms with Gasteiger partial charge in [-0.2, -0.15) is 5.10 Å². The summed E-state index contributed by atoms with van der Waals surface area (Å²) in [6.45, 7) is 4.05. The smallest absolute Gasteiger partial charge is 0.224 e. The average Bonchev–Trinajstić information content (AvgIpc) is 3.36. The monoisotopic (exact) mass is 410 g/mol. The van der Waals surface area contributed by atoms with Crippen molar-refractivity contribution < 1.29 is 4.79 Å². The number of hydrogen-bond acceptors (Lipinski definition) is 4. The summed E-state index contributed by atoms with van der Waals surface area (Å²) in [4.78, 5) is 24.2. The van der Waals surface area contributed by atoms with Crippen LogP contribution in [0, 0.1) is 5.92 Å². The Morgan fingerprint density at radius 1 is 1.06 bits per heavy atom. The maximum absolute atomic E-state index is 12.1. The van der Waals surface area contributed by atoms with Gasteiger partial charge in [0, 0.05) is 29.8 Å². The molecule has 5 aromatic rings. The average molecular weight is 410 g/mol. The van der Waals surface area contributed by atoms with Gasteiger partial charge in [-0.25, -0.2) is 0 Å². The number of pyridine rings is 2. The number of hydrogen-bond donors (Lipinski definition) is 3. The van der Waals surface area contributed by atoms with Gasteiger partial charge in [-0.1, -0.05) is 19.9 Å². The van der Waals surface area contributed by atoms with Crippen LogP contribution >= 0.6 is 0 Å². The number of rotatable bonds is 5. The van der Waals surface area contributed by atoms with E-state index in [-0.39, 0.29) is 5.91 Å². The molecule has 0 atom stereocenters. The van der Waals surface area contributed by atoms with Gasteiger partial charge in [0.25, 0.3) is 0 Å². The molecule has 0 radical (unpaired) electrons. The molecule has 0 aliphatic heterocycles. The number of nitrogens with one attached hydrogen (secondary N) is 3. The minimum Gasteiger partial charge on any atom is -0.352 e. The lowest BCUT2D eigenvalue weighted by molar-refractivity contribution is -0.116. The van der Waals surface area contributed by atoms with Crippen LogP contribution < -0.4 is 5.32 Å². The lowest BCUT2D eigenvalue weighted by Crippen LogP contribution is -2.13. The number of nitrogens with zero attached hydrogens (tertiary/aromatic N) is 3. The summed E-state index contributed by atoms with van der Waals surface area (Å²) < 4.78 is 0. The third kappa shape index (κ3) is 3.77. The standard InChI is InChI=1S/C24H22N6O/c1-14(2)8-23(31)27-17-9-16(12-25-13-17)15-5-6-19-18(10-15)24(30-29-19)22-11-21-20(28-22)4-3-7-26-21/h3-7,9-14,28H,8H2,1-2H3,(H,27,31)(H,29,30). The van der Waals surface area contributed by atoms with Gasteiger partial charge in [0.1, 0.15) is 5.69 Å². The van der Waals surface area contributed by atoms with Gasteiger partial charge >= 0.3 is 0 Å². The molecule has 0 fully saturated rings. The minimum absolute atomic E-state index is 0.00561. The number of fused-ring (bicyclic) bond motifs is 2. The Kier molecular flexibility index (Phi) is 4.71. The van der Waals surface area contributed by atoms with Crippen molar-refractivity contribution in [1.29, 1.82) is 0 Å². The van der Waals surface area contributed by atoms with Crippen molar-refractivity contribution in [2.45, 2.75) is 20.3 Å². The van der Waals surface area contributed by atoms with Crippen LogP contribution in [-0.4, -0.2) is 31.1 Å². The normalized spacial score (nSPS) is 11.5. The highest BCUT2D eigenvalue weighted by atomic mass is 16.1. The Morgan fingerprint density at radius 3 is 2.81 bits per heavy atom. The SMILES string of the molecule is CC(C)CC(=O)Nc1cncc(-c2ccc3[nH]nc(-c4cc5ncccc5[nH]4)c3c2)c1. The van der Waals surface area contributed by atoms with Crippen molar-refractivity contribution in [1.82, 2.24) is 25.1 Å². The molecule has 4 heterocycles. The van der Waals surface area contributed by atoms with E-state index >= 15 is 0 Å². The van der Waals surface area contributed by atoms with Gasteiger partial charge in [-0.05, 0) is 47.9 Å². The summed E-state index contributed by atoms with van der Waals surface area (Å²) in [7, 11) is 0. The van der Waals surface area contributed by atoms with Crippen LogP contribution in [0.4, 0.5) is 5.69 Å². The van der Waals surface area contributed by atoms with E-state index < -0.39 is 0 Å². The van der Waals surface area contributed by atoms with Crippen LogP contribution in [0.15, 0.2) is 61.1 Å². The molecule has 0 aliphatic rings. The van der Waals surface area contributed by atoms with E-state index in [4.69, 9.17) is 0 Å². The van der Waals surface area contributed by atoms with Crippen molar-refractivity contribution in [2.24, 2.45) is 5.92 Å². The summed E-state index contributed by atoms with van der Waals surface area (Å²) >= 11 is 0. The predicted molar refractivity (Wildman–Crippen MR) is 122 cm³/mol. The molecule has 3 N–H and O–H groups in total. The molecule has 0 unspecified atom stereocenters.